The van der Waals surface area contributed by atoms with Gasteiger partial charge in [0.1, 0.15) is 37.3 Å². The number of rotatable bonds is 18. The van der Waals surface area contributed by atoms with E-state index in [-0.39, 0.29) is 0 Å². The lowest BCUT2D eigenvalue weighted by Crippen LogP contribution is -2.48. The zero-order valence-corrected chi connectivity index (χ0v) is 32.4. The fourth-order valence-electron chi connectivity index (χ4n) is 7.59. The Labute approximate surface area is 281 Å². The molecule has 0 aliphatic carbocycles. The third-order valence-corrected chi connectivity index (χ3v) is 21.5. The van der Waals surface area contributed by atoms with Crippen LogP contribution < -0.4 is 9.47 Å². The molecule has 2 aromatic rings. The Morgan fingerprint density at radius 1 is 0.500 bits per heavy atom. The fourth-order valence-corrected chi connectivity index (χ4v) is 18.5. The molecule has 0 aliphatic rings. The molecule has 0 amide bonds. The Kier molecular flexibility index (Phi) is 15.4. The van der Waals surface area contributed by atoms with Gasteiger partial charge in [-0.15, -0.1) is 0 Å². The Bertz CT molecular complexity index is 1190. The summed E-state index contributed by atoms with van der Waals surface area (Å²) >= 11 is 0. The van der Waals surface area contributed by atoms with Crippen molar-refractivity contribution < 1.29 is 27.9 Å². The van der Waals surface area contributed by atoms with Gasteiger partial charge in [-0.1, -0.05) is 94.9 Å². The van der Waals surface area contributed by atoms with Crippen molar-refractivity contribution in [2.75, 3.05) is 26.4 Å². The summed E-state index contributed by atoms with van der Waals surface area (Å²) in [5.41, 5.74) is 5.18. The van der Waals surface area contributed by atoms with Crippen LogP contribution in [0.2, 0.25) is 33.2 Å². The first-order valence-electron chi connectivity index (χ1n) is 16.9. The third kappa shape index (κ3) is 9.90. The minimum atomic E-state index is -1.99. The molecule has 0 N–H and O–H groups in total. The van der Waals surface area contributed by atoms with Crippen molar-refractivity contribution in [3.63, 3.8) is 0 Å². The second kappa shape index (κ2) is 18.0. The van der Waals surface area contributed by atoms with Gasteiger partial charge in [0.05, 0.1) is 13.2 Å². The van der Waals surface area contributed by atoms with Crippen molar-refractivity contribution in [1.82, 2.24) is 0 Å². The van der Waals surface area contributed by atoms with Gasteiger partial charge in [0, 0.05) is 22.3 Å². The highest BCUT2D eigenvalue weighted by Crippen LogP contribution is 2.43. The number of benzene rings is 2. The van der Waals surface area contributed by atoms with Crippen molar-refractivity contribution >= 4 is 29.2 Å². The molecule has 0 aromatic heterocycles. The van der Waals surface area contributed by atoms with Crippen LogP contribution in [0.15, 0.2) is 36.4 Å². The van der Waals surface area contributed by atoms with Gasteiger partial charge in [-0.2, -0.15) is 0 Å². The zero-order chi connectivity index (χ0) is 34.7. The highest BCUT2D eigenvalue weighted by Gasteiger charge is 2.45. The molecule has 254 valence electrons. The van der Waals surface area contributed by atoms with Gasteiger partial charge in [0.15, 0.2) is 16.6 Å². The van der Waals surface area contributed by atoms with Crippen LogP contribution in [-0.4, -0.2) is 55.6 Å². The first-order valence-corrected chi connectivity index (χ1v) is 21.2. The SMILES string of the molecule is CC(C)[Si](OCCOc1cc(C#Cc2cc(C=O)cc(OCCO[Si](C(C)C)(C(C)C)C(C)C)c2)cc(C=O)c1)(C(C)C)C(C)C. The summed E-state index contributed by atoms with van der Waals surface area (Å²) in [4.78, 5) is 23.4. The first-order chi connectivity index (χ1) is 21.6. The lowest BCUT2D eigenvalue weighted by atomic mass is 10.1. The normalized spacial score (nSPS) is 12.3. The van der Waals surface area contributed by atoms with Gasteiger partial charge in [0.2, 0.25) is 0 Å². The molecule has 0 spiro atoms. The average Bonchev–Trinajstić information content (AvgIpc) is 2.98. The van der Waals surface area contributed by atoms with Gasteiger partial charge < -0.3 is 18.3 Å². The second-order valence-corrected chi connectivity index (χ2v) is 25.0. The first kappa shape index (κ1) is 39.5. The maximum absolute atomic E-state index is 11.7. The lowest BCUT2D eigenvalue weighted by Gasteiger charge is -2.42. The van der Waals surface area contributed by atoms with Crippen LogP contribution in [-0.2, 0) is 8.85 Å². The molecular formula is C38H58O6Si2. The smallest absolute Gasteiger partial charge is 0.200 e. The molecule has 0 radical (unpaired) electrons. The number of carbonyl (C=O) groups is 2. The van der Waals surface area contributed by atoms with E-state index in [9.17, 15) is 9.59 Å². The molecule has 2 aromatic carbocycles. The number of ether oxygens (including phenoxy) is 2. The Morgan fingerprint density at radius 2 is 0.804 bits per heavy atom. The van der Waals surface area contributed by atoms with E-state index in [2.05, 4.69) is 94.9 Å². The van der Waals surface area contributed by atoms with Crippen molar-refractivity contribution in [3.05, 3.63) is 58.7 Å². The van der Waals surface area contributed by atoms with Crippen molar-refractivity contribution in [2.24, 2.45) is 0 Å². The monoisotopic (exact) mass is 666 g/mol. The summed E-state index contributed by atoms with van der Waals surface area (Å²) in [6.07, 6.45) is 1.58. The van der Waals surface area contributed by atoms with Gasteiger partial charge in [-0.3, -0.25) is 9.59 Å². The van der Waals surface area contributed by atoms with Gasteiger partial charge in [-0.05, 0) is 69.6 Å². The molecule has 46 heavy (non-hydrogen) atoms. The molecule has 0 heterocycles. The van der Waals surface area contributed by atoms with Crippen LogP contribution in [0.4, 0.5) is 0 Å². The molecule has 6 nitrogen and oxygen atoms in total. The summed E-state index contributed by atoms with van der Waals surface area (Å²) in [5.74, 6) is 7.40. The standard InChI is InChI=1S/C38H58O6Si2/c1-27(2)45(28(3)4,29(5)6)43-17-15-41-37-21-33(19-35(23-37)25-39)13-14-34-20-36(26-40)24-38(22-34)42-16-18-44-46(30(7)8,31(9)10)32(11)12/h19-32H,15-18H2,1-12H3. The van der Waals surface area contributed by atoms with E-state index in [1.54, 1.807) is 24.3 Å². The summed E-state index contributed by atoms with van der Waals surface area (Å²) < 4.78 is 25.3. The van der Waals surface area contributed by atoms with E-state index in [4.69, 9.17) is 18.3 Å². The van der Waals surface area contributed by atoms with E-state index in [1.165, 1.54) is 0 Å². The molecule has 0 saturated carbocycles. The number of aldehydes is 2. The Morgan fingerprint density at radius 3 is 1.07 bits per heavy atom. The number of hydrogen-bond donors (Lipinski definition) is 0. The predicted octanol–water partition coefficient (Wildman–Crippen LogP) is 9.85. The minimum Gasteiger partial charge on any atom is -0.491 e. The van der Waals surface area contributed by atoms with Crippen LogP contribution in [0, 0.1) is 11.8 Å². The molecule has 0 aliphatic heterocycles. The van der Waals surface area contributed by atoms with Crippen LogP contribution in [0.1, 0.15) is 115 Å². The van der Waals surface area contributed by atoms with Crippen molar-refractivity contribution in [2.45, 2.75) is 116 Å². The zero-order valence-electron chi connectivity index (χ0n) is 30.4. The maximum Gasteiger partial charge on any atom is 0.200 e. The van der Waals surface area contributed by atoms with E-state index >= 15 is 0 Å². The molecule has 0 unspecified atom stereocenters. The van der Waals surface area contributed by atoms with Crippen LogP contribution in [0.5, 0.6) is 11.5 Å². The van der Waals surface area contributed by atoms with Gasteiger partial charge >= 0.3 is 0 Å². The molecule has 2 rings (SSSR count). The minimum absolute atomic E-state index is 0.386. The average molecular weight is 667 g/mol. The van der Waals surface area contributed by atoms with E-state index in [0.717, 1.165) is 12.6 Å². The summed E-state index contributed by atoms with van der Waals surface area (Å²) in [5, 5.41) is 0. The molecular weight excluding hydrogens is 609 g/mol. The summed E-state index contributed by atoms with van der Waals surface area (Å²) in [6.45, 7) is 28.9. The molecule has 0 atom stereocenters. The van der Waals surface area contributed by atoms with Gasteiger partial charge in [0.25, 0.3) is 0 Å². The molecule has 8 heteroatoms. The maximum atomic E-state index is 11.7. The quantitative estimate of drug-likeness (QED) is 0.0683. The summed E-state index contributed by atoms with van der Waals surface area (Å²) in [6, 6.07) is 10.5. The lowest BCUT2D eigenvalue weighted by molar-refractivity contribution is 0.111. The largest absolute Gasteiger partial charge is 0.491 e. The van der Waals surface area contributed by atoms with Crippen molar-refractivity contribution in [1.29, 1.82) is 0 Å². The van der Waals surface area contributed by atoms with Crippen molar-refractivity contribution in [3.8, 4) is 23.3 Å². The predicted molar refractivity (Wildman–Crippen MR) is 195 cm³/mol. The van der Waals surface area contributed by atoms with E-state index < -0.39 is 16.6 Å². The highest BCUT2D eigenvalue weighted by atomic mass is 28.4. The fraction of sp³-hybridized carbons (Fsp3) is 0.579. The Hall–Kier alpha value is -2.71. The molecule has 0 fully saturated rings. The highest BCUT2D eigenvalue weighted by molar-refractivity contribution is 6.78. The Balaban J connectivity index is 2.17. The van der Waals surface area contributed by atoms with E-state index in [0.29, 0.717) is 93.4 Å². The van der Waals surface area contributed by atoms with Crippen LogP contribution in [0.3, 0.4) is 0 Å². The topological polar surface area (TPSA) is 71.1 Å². The van der Waals surface area contributed by atoms with Crippen LogP contribution in [0.25, 0.3) is 0 Å². The van der Waals surface area contributed by atoms with E-state index in [1.807, 2.05) is 12.1 Å². The second-order valence-electron chi connectivity index (χ2n) is 14.1. The molecule has 0 bridgehead atoms. The van der Waals surface area contributed by atoms with Gasteiger partial charge in [-0.25, -0.2) is 0 Å². The third-order valence-electron chi connectivity index (χ3n) is 9.30. The summed E-state index contributed by atoms with van der Waals surface area (Å²) in [7, 11) is -3.98. The van der Waals surface area contributed by atoms with Crippen LogP contribution >= 0.6 is 0 Å². The number of carbonyl (C=O) groups excluding carboxylic acids is 2. The number of hydrogen-bond acceptors (Lipinski definition) is 6. The molecule has 0 saturated heterocycles.